The molecule has 3 rings (SSSR count). The number of carbonyl (C=O) groups excluding carboxylic acids is 1. The topological polar surface area (TPSA) is 77.8 Å². The number of Topliss-reactive ketones (excluding diaryl/α,β-unsaturated/α-hetero) is 1. The molecule has 26 heavy (non-hydrogen) atoms. The second kappa shape index (κ2) is 7.74. The van der Waals surface area contributed by atoms with Gasteiger partial charge < -0.3 is 15.3 Å². The number of phenols is 2. The van der Waals surface area contributed by atoms with Gasteiger partial charge in [0.25, 0.3) is 0 Å². The van der Waals surface area contributed by atoms with E-state index in [9.17, 15) is 20.1 Å². The van der Waals surface area contributed by atoms with Crippen LogP contribution in [0.25, 0.3) is 12.2 Å². The Morgan fingerprint density at radius 1 is 0.846 bits per heavy atom. The molecule has 2 aromatic rings. The number of phenolic OH excluding ortho intramolecular Hbond substituents is 2. The highest BCUT2D eigenvalue weighted by Crippen LogP contribution is 2.29. The van der Waals surface area contributed by atoms with E-state index in [0.29, 0.717) is 24.0 Å². The summed E-state index contributed by atoms with van der Waals surface area (Å²) < 4.78 is 0. The van der Waals surface area contributed by atoms with E-state index >= 15 is 0 Å². The van der Waals surface area contributed by atoms with E-state index in [1.54, 1.807) is 60.7 Å². The highest BCUT2D eigenvalue weighted by Gasteiger charge is 2.23. The van der Waals surface area contributed by atoms with Crippen LogP contribution in [0.3, 0.4) is 0 Å². The van der Waals surface area contributed by atoms with Gasteiger partial charge in [-0.2, -0.15) is 0 Å². The summed E-state index contributed by atoms with van der Waals surface area (Å²) in [6.45, 7) is 0. The fourth-order valence-corrected chi connectivity index (χ4v) is 2.89. The van der Waals surface area contributed by atoms with Crippen molar-refractivity contribution in [2.24, 2.45) is 0 Å². The molecule has 4 nitrogen and oxygen atoms in total. The molecular weight excluding hydrogens is 328 g/mol. The molecule has 1 saturated carbocycles. The van der Waals surface area contributed by atoms with E-state index in [0.717, 1.165) is 17.5 Å². The van der Waals surface area contributed by atoms with E-state index in [4.69, 9.17) is 0 Å². The van der Waals surface area contributed by atoms with Gasteiger partial charge in [0.2, 0.25) is 0 Å². The summed E-state index contributed by atoms with van der Waals surface area (Å²) in [5.41, 5.74) is 2.72. The van der Waals surface area contributed by atoms with Crippen LogP contribution in [0.2, 0.25) is 0 Å². The molecule has 0 atom stereocenters. The predicted octanol–water partition coefficient (Wildman–Crippen LogP) is 4.76. The van der Waals surface area contributed by atoms with E-state index in [2.05, 4.69) is 0 Å². The SMILES string of the molecule is O=C1/C(=C(O)/C=C/c2ccc(O)cc2)CCC/C1=C\c1ccc(O)cc1. The molecule has 0 amide bonds. The second-order valence-corrected chi connectivity index (χ2v) is 6.23. The van der Waals surface area contributed by atoms with Crippen molar-refractivity contribution in [2.45, 2.75) is 19.3 Å². The Bertz CT molecular complexity index is 885. The molecule has 0 spiro atoms. The first kappa shape index (κ1) is 17.5. The number of ketones is 1. The number of aliphatic hydroxyl groups is 1. The summed E-state index contributed by atoms with van der Waals surface area (Å²) in [6, 6.07) is 13.2. The van der Waals surface area contributed by atoms with Crippen molar-refractivity contribution in [1.29, 1.82) is 0 Å². The summed E-state index contributed by atoms with van der Waals surface area (Å²) >= 11 is 0. The van der Waals surface area contributed by atoms with Crippen LogP contribution in [-0.4, -0.2) is 21.1 Å². The van der Waals surface area contributed by atoms with E-state index in [-0.39, 0.29) is 23.0 Å². The molecular formula is C22H20O4. The second-order valence-electron chi connectivity index (χ2n) is 6.23. The molecule has 0 radical (unpaired) electrons. The number of allylic oxidation sites excluding steroid dienone is 3. The third-order valence-corrected chi connectivity index (χ3v) is 4.31. The Balaban J connectivity index is 1.82. The minimum atomic E-state index is -0.141. The van der Waals surface area contributed by atoms with Gasteiger partial charge in [-0.1, -0.05) is 30.3 Å². The average Bonchev–Trinajstić information content (AvgIpc) is 2.64. The van der Waals surface area contributed by atoms with E-state index in [1.165, 1.54) is 6.08 Å². The van der Waals surface area contributed by atoms with Crippen molar-refractivity contribution >= 4 is 17.9 Å². The van der Waals surface area contributed by atoms with Crippen molar-refractivity contribution in [1.82, 2.24) is 0 Å². The molecule has 132 valence electrons. The van der Waals surface area contributed by atoms with Crippen LogP contribution in [0.1, 0.15) is 30.4 Å². The Kier molecular flexibility index (Phi) is 5.23. The number of benzene rings is 2. The van der Waals surface area contributed by atoms with Gasteiger partial charge in [0.05, 0.1) is 0 Å². The van der Waals surface area contributed by atoms with Crippen LogP contribution in [0.5, 0.6) is 11.5 Å². The minimum Gasteiger partial charge on any atom is -0.508 e. The number of hydrogen-bond acceptors (Lipinski definition) is 4. The lowest BCUT2D eigenvalue weighted by atomic mass is 9.87. The molecule has 1 aliphatic rings. The third kappa shape index (κ3) is 4.22. The highest BCUT2D eigenvalue weighted by atomic mass is 16.3. The van der Waals surface area contributed by atoms with Crippen molar-refractivity contribution in [3.8, 4) is 11.5 Å². The highest BCUT2D eigenvalue weighted by molar-refractivity contribution is 6.12. The molecule has 2 aromatic carbocycles. The first-order valence-electron chi connectivity index (χ1n) is 8.46. The molecule has 1 fully saturated rings. The van der Waals surface area contributed by atoms with Crippen LogP contribution in [0.15, 0.2) is 71.5 Å². The van der Waals surface area contributed by atoms with Gasteiger partial charge in [-0.3, -0.25) is 4.79 Å². The molecule has 1 aliphatic carbocycles. The molecule has 0 bridgehead atoms. The molecule has 3 N–H and O–H groups in total. The summed E-state index contributed by atoms with van der Waals surface area (Å²) in [4.78, 5) is 12.7. The maximum absolute atomic E-state index is 12.7. The standard InChI is InChI=1S/C22H20O4/c23-18-9-4-15(5-10-18)8-13-21(25)20-3-1-2-17(22(20)26)14-16-6-11-19(24)12-7-16/h4-14,23-25H,1-3H2/b13-8+,17-14+,21-20-. The first-order chi connectivity index (χ1) is 12.5. The quantitative estimate of drug-likeness (QED) is 0.552. The summed E-state index contributed by atoms with van der Waals surface area (Å²) in [6.07, 6.45) is 7.02. The fraction of sp³-hybridized carbons (Fsp3) is 0.136. The van der Waals surface area contributed by atoms with Crippen LogP contribution in [0, 0.1) is 0 Å². The summed E-state index contributed by atoms with van der Waals surface area (Å²) in [5, 5.41) is 29.0. The van der Waals surface area contributed by atoms with Gasteiger partial charge in [-0.05, 0) is 66.8 Å². The molecule has 0 heterocycles. The van der Waals surface area contributed by atoms with Crippen molar-refractivity contribution in [2.75, 3.05) is 0 Å². The minimum absolute atomic E-state index is 0.0284. The normalized spacial score (nSPS) is 18.5. The van der Waals surface area contributed by atoms with Crippen molar-refractivity contribution in [3.63, 3.8) is 0 Å². The zero-order chi connectivity index (χ0) is 18.5. The van der Waals surface area contributed by atoms with E-state index in [1.807, 2.05) is 0 Å². The maximum atomic E-state index is 12.7. The molecule has 0 saturated heterocycles. The predicted molar refractivity (Wildman–Crippen MR) is 102 cm³/mol. The Hall–Kier alpha value is -3.27. The molecule has 0 unspecified atom stereocenters. The van der Waals surface area contributed by atoms with Gasteiger partial charge in [-0.15, -0.1) is 0 Å². The lowest BCUT2D eigenvalue weighted by Crippen LogP contribution is -2.14. The smallest absolute Gasteiger partial charge is 0.188 e. The number of rotatable bonds is 3. The zero-order valence-corrected chi connectivity index (χ0v) is 14.2. The largest absolute Gasteiger partial charge is 0.508 e. The van der Waals surface area contributed by atoms with Crippen LogP contribution < -0.4 is 0 Å². The first-order valence-corrected chi connectivity index (χ1v) is 8.46. The molecule has 0 aromatic heterocycles. The maximum Gasteiger partial charge on any atom is 0.188 e. The van der Waals surface area contributed by atoms with Gasteiger partial charge >= 0.3 is 0 Å². The zero-order valence-electron chi connectivity index (χ0n) is 14.2. The average molecular weight is 348 g/mol. The van der Waals surface area contributed by atoms with Crippen molar-refractivity contribution < 1.29 is 20.1 Å². The Morgan fingerprint density at radius 2 is 1.42 bits per heavy atom. The van der Waals surface area contributed by atoms with Gasteiger partial charge in [-0.25, -0.2) is 0 Å². The Morgan fingerprint density at radius 3 is 2.04 bits per heavy atom. The molecule has 4 heteroatoms. The van der Waals surface area contributed by atoms with Crippen LogP contribution in [-0.2, 0) is 4.79 Å². The number of aliphatic hydroxyl groups excluding tert-OH is 1. The third-order valence-electron chi connectivity index (χ3n) is 4.31. The summed E-state index contributed by atoms with van der Waals surface area (Å²) in [7, 11) is 0. The van der Waals surface area contributed by atoms with E-state index < -0.39 is 0 Å². The lowest BCUT2D eigenvalue weighted by molar-refractivity contribution is -0.113. The monoisotopic (exact) mass is 348 g/mol. The summed E-state index contributed by atoms with van der Waals surface area (Å²) in [5.74, 6) is 0.187. The molecule has 0 aliphatic heterocycles. The lowest BCUT2D eigenvalue weighted by Gasteiger charge is -2.17. The fourth-order valence-electron chi connectivity index (χ4n) is 2.89. The number of carbonyl (C=O) groups is 1. The Labute approximate surface area is 152 Å². The number of aromatic hydroxyl groups is 2. The van der Waals surface area contributed by atoms with Gasteiger partial charge in [0.1, 0.15) is 17.3 Å². The van der Waals surface area contributed by atoms with Gasteiger partial charge in [0, 0.05) is 11.1 Å². The van der Waals surface area contributed by atoms with Gasteiger partial charge in [0.15, 0.2) is 5.78 Å². The van der Waals surface area contributed by atoms with Crippen LogP contribution >= 0.6 is 0 Å². The van der Waals surface area contributed by atoms with Crippen LogP contribution in [0.4, 0.5) is 0 Å². The number of hydrogen-bond donors (Lipinski definition) is 3. The van der Waals surface area contributed by atoms with Crippen molar-refractivity contribution in [3.05, 3.63) is 82.6 Å².